The molecule has 2 rings (SSSR count). The fourth-order valence-corrected chi connectivity index (χ4v) is 1.87. The quantitative estimate of drug-likeness (QED) is 0.598. The minimum Gasteiger partial charge on any atom is -0.508 e. The van der Waals surface area contributed by atoms with E-state index >= 15 is 0 Å². The zero-order valence-corrected chi connectivity index (χ0v) is 11.8. The third kappa shape index (κ3) is 3.60. The van der Waals surface area contributed by atoms with Crippen molar-refractivity contribution in [2.24, 2.45) is 5.10 Å². The van der Waals surface area contributed by atoms with Crippen molar-refractivity contribution in [3.63, 3.8) is 0 Å². The molecule has 0 aromatic heterocycles. The van der Waals surface area contributed by atoms with Crippen LogP contribution in [0.25, 0.3) is 0 Å². The Bertz CT molecular complexity index is 708. The van der Waals surface area contributed by atoms with Crippen molar-refractivity contribution in [1.29, 1.82) is 0 Å². The first kappa shape index (κ1) is 14.6. The van der Waals surface area contributed by atoms with Crippen molar-refractivity contribution < 1.29 is 15.0 Å². The molecule has 0 fully saturated rings. The maximum atomic E-state index is 12.0. The summed E-state index contributed by atoms with van der Waals surface area (Å²) in [7, 11) is 0. The molecule has 0 saturated heterocycles. The number of carbonyl (C=O) groups is 1. The second-order valence-corrected chi connectivity index (χ2v) is 4.71. The van der Waals surface area contributed by atoms with Gasteiger partial charge in [0.25, 0.3) is 5.91 Å². The van der Waals surface area contributed by atoms with Crippen LogP contribution in [0.1, 0.15) is 28.4 Å². The van der Waals surface area contributed by atoms with E-state index in [2.05, 4.69) is 10.5 Å². The topological polar surface area (TPSA) is 81.9 Å². The lowest BCUT2D eigenvalue weighted by molar-refractivity contribution is 0.0954. The predicted molar refractivity (Wildman–Crippen MR) is 80.6 cm³/mol. The number of aryl methyl sites for hydroxylation is 1. The Morgan fingerprint density at radius 1 is 1.14 bits per heavy atom. The number of aromatic hydroxyl groups is 2. The fourth-order valence-electron chi connectivity index (χ4n) is 1.87. The fraction of sp³-hybridized carbons (Fsp3) is 0.125. The predicted octanol–water partition coefficient (Wildman–Crippen LogP) is 2.56. The molecule has 1 amide bonds. The Balaban J connectivity index is 2.15. The maximum Gasteiger partial charge on any atom is 0.271 e. The van der Waals surface area contributed by atoms with E-state index in [1.807, 2.05) is 13.0 Å². The molecule has 0 aliphatic carbocycles. The molecule has 0 atom stereocenters. The number of phenolic OH excluding ortho intramolecular Hbond substituents is 2. The van der Waals surface area contributed by atoms with Crippen molar-refractivity contribution in [2.45, 2.75) is 13.8 Å². The Morgan fingerprint density at radius 3 is 2.57 bits per heavy atom. The van der Waals surface area contributed by atoms with E-state index in [9.17, 15) is 15.0 Å². The standard InChI is InChI=1S/C16H16N2O3/c1-10-4-3-5-12(8-10)16(21)18-17-11(2)14-7-6-13(19)9-15(14)20/h3-9,19-20H,1-2H3,(H,18,21). The molecule has 108 valence electrons. The number of nitrogens with zero attached hydrogens (tertiary/aromatic N) is 1. The molecule has 5 nitrogen and oxygen atoms in total. The molecule has 2 aromatic carbocycles. The smallest absolute Gasteiger partial charge is 0.271 e. The SMILES string of the molecule is CC(=NNC(=O)c1cccc(C)c1)c1ccc(O)cc1O. The van der Waals surface area contributed by atoms with Gasteiger partial charge in [0.05, 0.1) is 5.71 Å². The summed E-state index contributed by atoms with van der Waals surface area (Å²) in [5.41, 5.74) is 4.82. The largest absolute Gasteiger partial charge is 0.508 e. The summed E-state index contributed by atoms with van der Waals surface area (Å²) in [4.78, 5) is 12.0. The number of rotatable bonds is 3. The van der Waals surface area contributed by atoms with Crippen LogP contribution in [0.2, 0.25) is 0 Å². The lowest BCUT2D eigenvalue weighted by Gasteiger charge is -2.06. The number of hydrazone groups is 1. The van der Waals surface area contributed by atoms with Gasteiger partial charge in [-0.05, 0) is 38.1 Å². The molecular formula is C16H16N2O3. The highest BCUT2D eigenvalue weighted by Crippen LogP contribution is 2.22. The summed E-state index contributed by atoms with van der Waals surface area (Å²) in [6.07, 6.45) is 0. The van der Waals surface area contributed by atoms with Crippen molar-refractivity contribution in [3.05, 3.63) is 59.2 Å². The van der Waals surface area contributed by atoms with Crippen LogP contribution in [-0.4, -0.2) is 21.8 Å². The summed E-state index contributed by atoms with van der Waals surface area (Å²) in [5, 5.41) is 22.9. The van der Waals surface area contributed by atoms with Gasteiger partial charge in [0.2, 0.25) is 0 Å². The zero-order valence-electron chi connectivity index (χ0n) is 11.8. The summed E-state index contributed by atoms with van der Waals surface area (Å²) in [5.74, 6) is -0.454. The molecule has 0 aliphatic rings. The highest BCUT2D eigenvalue weighted by Gasteiger charge is 2.08. The van der Waals surface area contributed by atoms with E-state index in [4.69, 9.17) is 0 Å². The van der Waals surface area contributed by atoms with E-state index in [1.165, 1.54) is 18.2 Å². The zero-order chi connectivity index (χ0) is 15.4. The third-order valence-electron chi connectivity index (χ3n) is 2.98. The van der Waals surface area contributed by atoms with Crippen molar-refractivity contribution in [1.82, 2.24) is 5.43 Å². The summed E-state index contributed by atoms with van der Waals surface area (Å²) in [6.45, 7) is 3.56. The summed E-state index contributed by atoms with van der Waals surface area (Å²) >= 11 is 0. The molecule has 5 heteroatoms. The third-order valence-corrected chi connectivity index (χ3v) is 2.98. The first-order valence-corrected chi connectivity index (χ1v) is 6.41. The number of hydrogen-bond acceptors (Lipinski definition) is 4. The molecule has 0 heterocycles. The summed E-state index contributed by atoms with van der Waals surface area (Å²) < 4.78 is 0. The van der Waals surface area contributed by atoms with E-state index in [0.29, 0.717) is 16.8 Å². The van der Waals surface area contributed by atoms with E-state index in [1.54, 1.807) is 25.1 Å². The van der Waals surface area contributed by atoms with Crippen molar-refractivity contribution >= 4 is 11.6 Å². The van der Waals surface area contributed by atoms with E-state index in [0.717, 1.165) is 5.56 Å². The number of nitrogens with one attached hydrogen (secondary N) is 1. The van der Waals surface area contributed by atoms with Crippen LogP contribution in [0.5, 0.6) is 11.5 Å². The van der Waals surface area contributed by atoms with Crippen LogP contribution in [0.4, 0.5) is 0 Å². The molecule has 0 unspecified atom stereocenters. The molecular weight excluding hydrogens is 268 g/mol. The van der Waals surface area contributed by atoms with Gasteiger partial charge >= 0.3 is 0 Å². The van der Waals surface area contributed by atoms with Gasteiger partial charge in [-0.2, -0.15) is 5.10 Å². The lowest BCUT2D eigenvalue weighted by Crippen LogP contribution is -2.19. The second kappa shape index (κ2) is 6.09. The molecule has 0 aliphatic heterocycles. The van der Waals surface area contributed by atoms with Crippen LogP contribution >= 0.6 is 0 Å². The van der Waals surface area contributed by atoms with Crippen LogP contribution in [-0.2, 0) is 0 Å². The number of amides is 1. The molecule has 2 aromatic rings. The molecule has 21 heavy (non-hydrogen) atoms. The highest BCUT2D eigenvalue weighted by molar-refractivity contribution is 6.02. The van der Waals surface area contributed by atoms with Crippen LogP contribution < -0.4 is 5.43 Å². The average Bonchev–Trinajstić information content (AvgIpc) is 2.44. The molecule has 3 N–H and O–H groups in total. The second-order valence-electron chi connectivity index (χ2n) is 4.71. The first-order chi connectivity index (χ1) is 9.97. The lowest BCUT2D eigenvalue weighted by atomic mass is 10.1. The molecule has 0 radical (unpaired) electrons. The number of benzene rings is 2. The van der Waals surface area contributed by atoms with Gasteiger partial charge in [-0.25, -0.2) is 5.43 Å². The molecule has 0 bridgehead atoms. The minimum absolute atomic E-state index is 0.0344. The Kier molecular flexibility index (Phi) is 4.23. The number of carbonyl (C=O) groups excluding carboxylic acids is 1. The normalized spacial score (nSPS) is 11.2. The minimum atomic E-state index is -0.323. The van der Waals surface area contributed by atoms with Gasteiger partial charge in [-0.3, -0.25) is 4.79 Å². The number of phenols is 2. The highest BCUT2D eigenvalue weighted by atomic mass is 16.3. The molecule has 0 spiro atoms. The van der Waals surface area contributed by atoms with E-state index < -0.39 is 0 Å². The van der Waals surface area contributed by atoms with Gasteiger partial charge in [0.15, 0.2) is 0 Å². The van der Waals surface area contributed by atoms with E-state index in [-0.39, 0.29) is 17.4 Å². The Labute approximate surface area is 122 Å². The van der Waals surface area contributed by atoms with Gasteiger partial charge in [0.1, 0.15) is 11.5 Å². The monoisotopic (exact) mass is 284 g/mol. The van der Waals surface area contributed by atoms with Crippen molar-refractivity contribution in [2.75, 3.05) is 0 Å². The maximum absolute atomic E-state index is 12.0. The van der Waals surface area contributed by atoms with Gasteiger partial charge in [0, 0.05) is 17.2 Å². The molecule has 0 saturated carbocycles. The number of hydrogen-bond donors (Lipinski definition) is 3. The van der Waals surface area contributed by atoms with Crippen LogP contribution in [0, 0.1) is 6.92 Å². The van der Waals surface area contributed by atoms with Crippen LogP contribution in [0.3, 0.4) is 0 Å². The van der Waals surface area contributed by atoms with Gasteiger partial charge < -0.3 is 10.2 Å². The first-order valence-electron chi connectivity index (χ1n) is 6.41. The van der Waals surface area contributed by atoms with Crippen LogP contribution in [0.15, 0.2) is 47.6 Å². The average molecular weight is 284 g/mol. The van der Waals surface area contributed by atoms with Gasteiger partial charge in [-0.1, -0.05) is 17.7 Å². The Hall–Kier alpha value is -2.82. The summed E-state index contributed by atoms with van der Waals surface area (Å²) in [6, 6.07) is 11.4. The Morgan fingerprint density at radius 2 is 1.90 bits per heavy atom. The van der Waals surface area contributed by atoms with Crippen molar-refractivity contribution in [3.8, 4) is 11.5 Å². The van der Waals surface area contributed by atoms with Gasteiger partial charge in [-0.15, -0.1) is 0 Å².